The molecule has 0 radical (unpaired) electrons. The van der Waals surface area contributed by atoms with E-state index in [0.29, 0.717) is 5.92 Å². The zero-order valence-electron chi connectivity index (χ0n) is 7.27. The summed E-state index contributed by atoms with van der Waals surface area (Å²) in [6.45, 7) is 0. The molecule has 1 atom stereocenters. The molecule has 0 heterocycles. The quantitative estimate of drug-likeness (QED) is 0.696. The molecule has 1 aromatic rings. The van der Waals surface area contributed by atoms with Gasteiger partial charge in [-0.3, -0.25) is 0 Å². The number of rotatable bonds is 2. The van der Waals surface area contributed by atoms with Crippen molar-refractivity contribution < 1.29 is 5.11 Å². The second-order valence-corrected chi connectivity index (χ2v) is 3.43. The lowest BCUT2D eigenvalue weighted by molar-refractivity contribution is 0.235. The topological polar surface area (TPSA) is 44.0 Å². The molecular formula is C11H11NO. The maximum Gasteiger partial charge on any atom is 0.166 e. The first-order valence-electron chi connectivity index (χ1n) is 4.49. The maximum absolute atomic E-state index is 9.43. The maximum atomic E-state index is 9.43. The minimum absolute atomic E-state index is 0.583. The van der Waals surface area contributed by atoms with Crippen molar-refractivity contribution in [1.82, 2.24) is 0 Å². The van der Waals surface area contributed by atoms with Gasteiger partial charge in [0.25, 0.3) is 0 Å². The van der Waals surface area contributed by atoms with Crippen molar-refractivity contribution >= 4 is 0 Å². The molecule has 1 N–H and O–H groups in total. The van der Waals surface area contributed by atoms with Crippen molar-refractivity contribution in [1.29, 1.82) is 5.26 Å². The van der Waals surface area contributed by atoms with Crippen LogP contribution in [0.5, 0.6) is 0 Å². The summed E-state index contributed by atoms with van der Waals surface area (Å²) in [6.07, 6.45) is 1.42. The predicted octanol–water partition coefficient (Wildman–Crippen LogP) is 2.12. The van der Waals surface area contributed by atoms with Crippen molar-refractivity contribution in [3.8, 4) is 6.07 Å². The van der Waals surface area contributed by atoms with Gasteiger partial charge in [0.1, 0.15) is 0 Å². The number of benzene rings is 1. The number of aliphatic hydroxyl groups excluding tert-OH is 1. The van der Waals surface area contributed by atoms with Crippen LogP contribution in [0.4, 0.5) is 0 Å². The van der Waals surface area contributed by atoms with E-state index in [-0.39, 0.29) is 0 Å². The minimum atomic E-state index is -0.961. The molecule has 0 aromatic heterocycles. The summed E-state index contributed by atoms with van der Waals surface area (Å²) in [4.78, 5) is 0. The summed E-state index contributed by atoms with van der Waals surface area (Å²) in [6, 6.07) is 9.52. The Bertz CT molecular complexity index is 349. The number of hydrogen-bond acceptors (Lipinski definition) is 2. The largest absolute Gasteiger partial charge is 0.374 e. The monoisotopic (exact) mass is 173 g/mol. The van der Waals surface area contributed by atoms with Crippen LogP contribution in [-0.2, 0) is 0 Å². The average Bonchev–Trinajstić information content (AvgIpc) is 3.00. The predicted molar refractivity (Wildman–Crippen MR) is 49.0 cm³/mol. The second-order valence-electron chi connectivity index (χ2n) is 3.43. The molecular weight excluding hydrogens is 162 g/mol. The Morgan fingerprint density at radius 3 is 2.69 bits per heavy atom. The van der Waals surface area contributed by atoms with Crippen LogP contribution in [0.15, 0.2) is 24.3 Å². The van der Waals surface area contributed by atoms with Gasteiger partial charge in [-0.1, -0.05) is 24.3 Å². The van der Waals surface area contributed by atoms with Crippen molar-refractivity contribution in [2.75, 3.05) is 0 Å². The van der Waals surface area contributed by atoms with Crippen LogP contribution in [0.2, 0.25) is 0 Å². The molecule has 0 aliphatic heterocycles. The van der Waals surface area contributed by atoms with Gasteiger partial charge in [-0.05, 0) is 29.9 Å². The van der Waals surface area contributed by atoms with Crippen LogP contribution in [0, 0.1) is 11.3 Å². The zero-order chi connectivity index (χ0) is 9.26. The highest BCUT2D eigenvalue weighted by atomic mass is 16.3. The number of nitriles is 1. The van der Waals surface area contributed by atoms with E-state index in [2.05, 4.69) is 0 Å². The standard InChI is InChI=1S/C11H11NO/c12-7-11(13)10-4-2-1-3-9(10)8-5-6-8/h1-4,8,11,13H,5-6H2. The van der Waals surface area contributed by atoms with Gasteiger partial charge in [-0.25, -0.2) is 0 Å². The third kappa shape index (κ3) is 1.56. The Morgan fingerprint density at radius 2 is 2.08 bits per heavy atom. The fraction of sp³-hybridized carbons (Fsp3) is 0.364. The summed E-state index contributed by atoms with van der Waals surface area (Å²) in [7, 11) is 0. The molecule has 1 unspecified atom stereocenters. The van der Waals surface area contributed by atoms with Crippen LogP contribution in [0.25, 0.3) is 0 Å². The Morgan fingerprint density at radius 1 is 1.38 bits per heavy atom. The average molecular weight is 173 g/mol. The van der Waals surface area contributed by atoms with Gasteiger partial charge < -0.3 is 5.11 Å². The first kappa shape index (κ1) is 8.28. The fourth-order valence-electron chi connectivity index (χ4n) is 1.60. The fourth-order valence-corrected chi connectivity index (χ4v) is 1.60. The first-order valence-corrected chi connectivity index (χ1v) is 4.49. The molecule has 2 nitrogen and oxygen atoms in total. The van der Waals surface area contributed by atoms with Gasteiger partial charge in [0.15, 0.2) is 6.10 Å². The lowest BCUT2D eigenvalue weighted by Crippen LogP contribution is -1.98. The van der Waals surface area contributed by atoms with E-state index in [1.165, 1.54) is 12.8 Å². The third-order valence-electron chi connectivity index (χ3n) is 2.43. The van der Waals surface area contributed by atoms with E-state index in [4.69, 9.17) is 5.26 Å². The van der Waals surface area contributed by atoms with Gasteiger partial charge >= 0.3 is 0 Å². The number of aliphatic hydroxyl groups is 1. The number of hydrogen-bond donors (Lipinski definition) is 1. The van der Waals surface area contributed by atoms with Crippen molar-refractivity contribution in [2.45, 2.75) is 24.9 Å². The lowest BCUT2D eigenvalue weighted by atomic mass is 10.00. The van der Waals surface area contributed by atoms with E-state index >= 15 is 0 Å². The Balaban J connectivity index is 2.38. The summed E-state index contributed by atoms with van der Waals surface area (Å²) >= 11 is 0. The van der Waals surface area contributed by atoms with Gasteiger partial charge in [-0.15, -0.1) is 0 Å². The molecule has 2 rings (SSSR count). The van der Waals surface area contributed by atoms with Crippen LogP contribution in [0.1, 0.15) is 36.0 Å². The summed E-state index contributed by atoms with van der Waals surface area (Å²) in [5.74, 6) is 0.583. The molecule has 2 heteroatoms. The van der Waals surface area contributed by atoms with Crippen LogP contribution in [0.3, 0.4) is 0 Å². The van der Waals surface area contributed by atoms with Crippen LogP contribution < -0.4 is 0 Å². The van der Waals surface area contributed by atoms with E-state index in [1.54, 1.807) is 0 Å². The molecule has 1 saturated carbocycles. The summed E-state index contributed by atoms with van der Waals surface area (Å²) in [5, 5.41) is 18.0. The summed E-state index contributed by atoms with van der Waals surface area (Å²) in [5.41, 5.74) is 1.93. The molecule has 0 saturated heterocycles. The normalized spacial score (nSPS) is 17.8. The van der Waals surface area contributed by atoms with E-state index in [0.717, 1.165) is 11.1 Å². The smallest absolute Gasteiger partial charge is 0.166 e. The van der Waals surface area contributed by atoms with Crippen LogP contribution in [-0.4, -0.2) is 5.11 Å². The van der Waals surface area contributed by atoms with E-state index in [1.807, 2.05) is 30.3 Å². The Kier molecular flexibility index (Phi) is 2.03. The molecule has 0 spiro atoms. The van der Waals surface area contributed by atoms with Crippen molar-refractivity contribution in [2.24, 2.45) is 0 Å². The Hall–Kier alpha value is -1.33. The molecule has 0 bridgehead atoms. The van der Waals surface area contributed by atoms with Crippen LogP contribution >= 0.6 is 0 Å². The second kappa shape index (κ2) is 3.20. The molecule has 0 amide bonds. The highest BCUT2D eigenvalue weighted by Crippen LogP contribution is 2.42. The summed E-state index contributed by atoms with van der Waals surface area (Å²) < 4.78 is 0. The lowest BCUT2D eigenvalue weighted by Gasteiger charge is -2.08. The highest BCUT2D eigenvalue weighted by molar-refractivity contribution is 5.36. The third-order valence-corrected chi connectivity index (χ3v) is 2.43. The number of nitrogens with zero attached hydrogens (tertiary/aromatic N) is 1. The molecule has 1 fully saturated rings. The van der Waals surface area contributed by atoms with Gasteiger partial charge in [0.05, 0.1) is 6.07 Å². The SMILES string of the molecule is N#CC(O)c1ccccc1C1CC1. The van der Waals surface area contributed by atoms with E-state index in [9.17, 15) is 5.11 Å². The molecule has 66 valence electrons. The highest BCUT2D eigenvalue weighted by Gasteiger charge is 2.27. The van der Waals surface area contributed by atoms with Crippen molar-refractivity contribution in [3.05, 3.63) is 35.4 Å². The van der Waals surface area contributed by atoms with Gasteiger partial charge in [-0.2, -0.15) is 5.26 Å². The molecule has 13 heavy (non-hydrogen) atoms. The minimum Gasteiger partial charge on any atom is -0.374 e. The molecule has 1 aromatic carbocycles. The molecule has 1 aliphatic rings. The van der Waals surface area contributed by atoms with Gasteiger partial charge in [0.2, 0.25) is 0 Å². The first-order chi connectivity index (χ1) is 6.33. The zero-order valence-corrected chi connectivity index (χ0v) is 7.27. The Labute approximate surface area is 77.4 Å². The van der Waals surface area contributed by atoms with Crippen molar-refractivity contribution in [3.63, 3.8) is 0 Å². The molecule has 1 aliphatic carbocycles. The van der Waals surface area contributed by atoms with Gasteiger partial charge in [0, 0.05) is 0 Å². The van der Waals surface area contributed by atoms with E-state index < -0.39 is 6.10 Å².